The minimum absolute atomic E-state index is 0.278. The molecule has 0 aliphatic carbocycles. The van der Waals surface area contributed by atoms with Gasteiger partial charge < -0.3 is 9.64 Å². The van der Waals surface area contributed by atoms with Gasteiger partial charge in [0.2, 0.25) is 0 Å². The third-order valence-electron chi connectivity index (χ3n) is 2.78. The summed E-state index contributed by atoms with van der Waals surface area (Å²) in [7, 11) is 0. The van der Waals surface area contributed by atoms with Crippen molar-refractivity contribution in [2.75, 3.05) is 6.54 Å². The molecule has 0 unspecified atom stereocenters. The lowest BCUT2D eigenvalue weighted by molar-refractivity contribution is 0.0226. The molecule has 0 saturated heterocycles. The van der Waals surface area contributed by atoms with Crippen molar-refractivity contribution in [3.63, 3.8) is 0 Å². The standard InChI is InChI=1S/C13H15IN2O2S/c1-13(2,3)18-12(17)16-5-4-8-9(6-15)11(14)19-10(8)7-16/h4-5,7H2,1-3H3. The normalized spacial score (nSPS) is 14.8. The molecular weight excluding hydrogens is 375 g/mol. The highest BCUT2D eigenvalue weighted by molar-refractivity contribution is 14.1. The number of halogens is 1. The predicted molar refractivity (Wildman–Crippen MR) is 82.1 cm³/mol. The quantitative estimate of drug-likeness (QED) is 0.637. The van der Waals surface area contributed by atoms with Gasteiger partial charge in [0.05, 0.1) is 15.0 Å². The van der Waals surface area contributed by atoms with Crippen molar-refractivity contribution in [2.24, 2.45) is 0 Å². The van der Waals surface area contributed by atoms with E-state index in [1.807, 2.05) is 20.8 Å². The number of nitriles is 1. The van der Waals surface area contributed by atoms with Crippen LogP contribution >= 0.6 is 33.9 Å². The molecule has 4 nitrogen and oxygen atoms in total. The summed E-state index contributed by atoms with van der Waals surface area (Å²) < 4.78 is 6.39. The van der Waals surface area contributed by atoms with E-state index >= 15 is 0 Å². The lowest BCUT2D eigenvalue weighted by Gasteiger charge is -2.29. The van der Waals surface area contributed by atoms with Gasteiger partial charge in [-0.3, -0.25) is 0 Å². The van der Waals surface area contributed by atoms with Crippen LogP contribution < -0.4 is 0 Å². The highest BCUT2D eigenvalue weighted by Crippen LogP contribution is 2.33. The molecule has 0 aromatic carbocycles. The van der Waals surface area contributed by atoms with Crippen LogP contribution in [-0.2, 0) is 17.7 Å². The van der Waals surface area contributed by atoms with Gasteiger partial charge in [0, 0.05) is 11.4 Å². The fourth-order valence-corrected chi connectivity index (χ4v) is 4.24. The van der Waals surface area contributed by atoms with Crippen LogP contribution in [0.1, 0.15) is 36.8 Å². The number of carbonyl (C=O) groups is 1. The summed E-state index contributed by atoms with van der Waals surface area (Å²) in [6.07, 6.45) is 0.455. The van der Waals surface area contributed by atoms with E-state index in [4.69, 9.17) is 10.00 Å². The van der Waals surface area contributed by atoms with Crippen LogP contribution in [-0.4, -0.2) is 23.1 Å². The van der Waals surface area contributed by atoms with Gasteiger partial charge in [-0.1, -0.05) is 0 Å². The van der Waals surface area contributed by atoms with Crippen LogP contribution in [0, 0.1) is 14.2 Å². The molecule has 0 radical (unpaired) electrons. The van der Waals surface area contributed by atoms with E-state index in [1.165, 1.54) is 0 Å². The van der Waals surface area contributed by atoms with E-state index in [-0.39, 0.29) is 6.09 Å². The van der Waals surface area contributed by atoms with E-state index in [1.54, 1.807) is 16.2 Å². The number of rotatable bonds is 0. The maximum atomic E-state index is 12.0. The van der Waals surface area contributed by atoms with Crippen LogP contribution in [0.15, 0.2) is 0 Å². The van der Waals surface area contributed by atoms with E-state index in [0.29, 0.717) is 13.1 Å². The molecule has 1 amide bonds. The molecule has 2 heterocycles. The van der Waals surface area contributed by atoms with Crippen molar-refractivity contribution in [3.8, 4) is 6.07 Å². The minimum atomic E-state index is -0.473. The Bertz CT molecular complexity index is 554. The van der Waals surface area contributed by atoms with Crippen LogP contribution in [0.25, 0.3) is 0 Å². The van der Waals surface area contributed by atoms with Crippen LogP contribution in [0.3, 0.4) is 0 Å². The zero-order valence-corrected chi connectivity index (χ0v) is 14.1. The summed E-state index contributed by atoms with van der Waals surface area (Å²) in [6.45, 7) is 6.75. The number of hydrogen-bond acceptors (Lipinski definition) is 4. The first-order valence-corrected chi connectivity index (χ1v) is 7.89. The van der Waals surface area contributed by atoms with Crippen LogP contribution in [0.5, 0.6) is 0 Å². The maximum absolute atomic E-state index is 12.0. The third-order valence-corrected chi connectivity index (χ3v) is 4.98. The number of nitrogens with zero attached hydrogens (tertiary/aromatic N) is 2. The number of hydrogen-bond donors (Lipinski definition) is 0. The maximum Gasteiger partial charge on any atom is 0.410 e. The smallest absolute Gasteiger partial charge is 0.410 e. The van der Waals surface area contributed by atoms with Crippen molar-refractivity contribution in [3.05, 3.63) is 18.9 Å². The van der Waals surface area contributed by atoms with Gasteiger partial charge in [-0.15, -0.1) is 11.3 Å². The number of fused-ring (bicyclic) bond motifs is 1. The summed E-state index contributed by atoms with van der Waals surface area (Å²) in [5, 5.41) is 9.14. The monoisotopic (exact) mass is 390 g/mol. The first-order chi connectivity index (χ1) is 8.81. The van der Waals surface area contributed by atoms with Crippen molar-refractivity contribution < 1.29 is 9.53 Å². The Morgan fingerprint density at radius 1 is 1.53 bits per heavy atom. The molecule has 0 fully saturated rings. The Labute approximate surface area is 130 Å². The lowest BCUT2D eigenvalue weighted by atomic mass is 10.0. The Kier molecular flexibility index (Phi) is 4.06. The Hall–Kier alpha value is -0.810. The summed E-state index contributed by atoms with van der Waals surface area (Å²) >= 11 is 3.78. The molecule has 6 heteroatoms. The average molecular weight is 390 g/mol. The molecule has 0 saturated carbocycles. The van der Waals surface area contributed by atoms with Gasteiger partial charge in [0.15, 0.2) is 0 Å². The summed E-state index contributed by atoms with van der Waals surface area (Å²) in [5.74, 6) is 0. The Morgan fingerprint density at radius 2 is 2.21 bits per heavy atom. The lowest BCUT2D eigenvalue weighted by Crippen LogP contribution is -2.39. The fraction of sp³-hybridized carbons (Fsp3) is 0.538. The molecule has 0 bridgehead atoms. The largest absolute Gasteiger partial charge is 0.444 e. The second kappa shape index (κ2) is 5.29. The molecule has 19 heavy (non-hydrogen) atoms. The zero-order chi connectivity index (χ0) is 14.2. The van der Waals surface area contributed by atoms with Crippen molar-refractivity contribution in [2.45, 2.75) is 39.3 Å². The van der Waals surface area contributed by atoms with Crippen molar-refractivity contribution in [1.82, 2.24) is 4.90 Å². The predicted octanol–water partition coefficient (Wildman–Crippen LogP) is 3.52. The highest BCUT2D eigenvalue weighted by Gasteiger charge is 2.29. The van der Waals surface area contributed by atoms with Crippen molar-refractivity contribution >= 4 is 40.0 Å². The first kappa shape index (κ1) is 14.6. The number of thiophene rings is 1. The molecule has 0 atom stereocenters. The number of carbonyl (C=O) groups excluding carboxylic acids is 1. The second-order valence-electron chi connectivity index (χ2n) is 5.42. The zero-order valence-electron chi connectivity index (χ0n) is 11.1. The topological polar surface area (TPSA) is 53.3 Å². The average Bonchev–Trinajstić information content (AvgIpc) is 2.60. The summed E-state index contributed by atoms with van der Waals surface area (Å²) in [6, 6.07) is 2.25. The van der Waals surface area contributed by atoms with Crippen molar-refractivity contribution in [1.29, 1.82) is 5.26 Å². The Morgan fingerprint density at radius 3 is 2.79 bits per heavy atom. The molecule has 2 rings (SSSR count). The number of amides is 1. The van der Waals surface area contributed by atoms with Gasteiger partial charge in [-0.25, -0.2) is 4.79 Å². The Balaban J connectivity index is 2.15. The van der Waals surface area contributed by atoms with Gasteiger partial charge in [0.1, 0.15) is 11.7 Å². The molecule has 0 spiro atoms. The van der Waals surface area contributed by atoms with Gasteiger partial charge in [0.25, 0.3) is 0 Å². The third kappa shape index (κ3) is 3.20. The van der Waals surface area contributed by atoms with Gasteiger partial charge in [-0.2, -0.15) is 5.26 Å². The second-order valence-corrected chi connectivity index (χ2v) is 8.33. The summed E-state index contributed by atoms with van der Waals surface area (Å²) in [4.78, 5) is 14.8. The van der Waals surface area contributed by atoms with Gasteiger partial charge >= 0.3 is 6.09 Å². The summed E-state index contributed by atoms with van der Waals surface area (Å²) in [5.41, 5.74) is 1.42. The first-order valence-electron chi connectivity index (χ1n) is 6.00. The van der Waals surface area contributed by atoms with Gasteiger partial charge in [-0.05, 0) is 55.3 Å². The molecule has 1 aromatic rings. The molecule has 1 aromatic heterocycles. The SMILES string of the molecule is CC(C)(C)OC(=O)N1CCc2c(sc(I)c2C#N)C1. The number of ether oxygens (including phenoxy) is 1. The molecule has 1 aliphatic rings. The molecule has 0 N–H and O–H groups in total. The molecular formula is C13H15IN2O2S. The molecule has 102 valence electrons. The van der Waals surface area contributed by atoms with E-state index < -0.39 is 5.60 Å². The van der Waals surface area contributed by atoms with Crippen LogP contribution in [0.2, 0.25) is 0 Å². The fourth-order valence-electron chi connectivity index (χ4n) is 1.96. The minimum Gasteiger partial charge on any atom is -0.444 e. The highest BCUT2D eigenvalue weighted by atomic mass is 127. The van der Waals surface area contributed by atoms with Crippen LogP contribution in [0.4, 0.5) is 4.79 Å². The molecule has 1 aliphatic heterocycles. The van der Waals surface area contributed by atoms with E-state index in [9.17, 15) is 4.79 Å². The van der Waals surface area contributed by atoms with E-state index in [2.05, 4.69) is 28.7 Å². The van der Waals surface area contributed by atoms with E-state index in [0.717, 1.165) is 25.3 Å².